The minimum absolute atomic E-state index is 0.0521. The van der Waals surface area contributed by atoms with E-state index in [9.17, 15) is 4.79 Å². The number of hydrogen-bond acceptors (Lipinski definition) is 4. The van der Waals surface area contributed by atoms with E-state index in [0.717, 1.165) is 36.5 Å². The molecule has 0 aliphatic carbocycles. The Morgan fingerprint density at radius 2 is 1.96 bits per heavy atom. The number of anilines is 2. The summed E-state index contributed by atoms with van der Waals surface area (Å²) in [7, 11) is 1.67. The van der Waals surface area contributed by atoms with E-state index < -0.39 is 0 Å². The lowest BCUT2D eigenvalue weighted by molar-refractivity contribution is 0.0984. The van der Waals surface area contributed by atoms with Crippen LogP contribution < -0.4 is 15.0 Å². The smallest absolute Gasteiger partial charge is 0.276 e. The van der Waals surface area contributed by atoms with Gasteiger partial charge in [-0.25, -0.2) is 0 Å². The second kappa shape index (κ2) is 8.13. The predicted octanol–water partition coefficient (Wildman–Crippen LogP) is 3.95. The highest BCUT2D eigenvalue weighted by atomic mass is 16.5. The molecular formula is C23H23N3O2. The van der Waals surface area contributed by atoms with Gasteiger partial charge in [0, 0.05) is 30.7 Å². The largest absolute Gasteiger partial charge is 0.497 e. The molecule has 0 saturated heterocycles. The summed E-state index contributed by atoms with van der Waals surface area (Å²) in [5.74, 6) is 0.807. The summed E-state index contributed by atoms with van der Waals surface area (Å²) in [6.07, 6.45) is 3.46. The number of nitrogens with one attached hydrogen (secondary N) is 1. The molecule has 1 aliphatic rings. The number of ether oxygens (including phenoxy) is 1. The normalized spacial score (nSPS) is 12.5. The predicted molar refractivity (Wildman–Crippen MR) is 111 cm³/mol. The molecule has 3 aromatic rings. The molecule has 1 amide bonds. The Bertz CT molecular complexity index is 970. The number of fused-ring (bicyclic) bond motifs is 1. The minimum atomic E-state index is -0.0521. The SMILES string of the molecule is COc1ccc(CCNc2ccnc(C(=O)N3CCc4ccccc43)c2)cc1. The van der Waals surface area contributed by atoms with E-state index in [4.69, 9.17) is 4.74 Å². The highest BCUT2D eigenvalue weighted by Crippen LogP contribution is 2.28. The van der Waals surface area contributed by atoms with Crippen molar-refractivity contribution in [1.29, 1.82) is 0 Å². The van der Waals surface area contributed by atoms with Gasteiger partial charge in [0.1, 0.15) is 11.4 Å². The summed E-state index contributed by atoms with van der Waals surface area (Å²) in [5.41, 5.74) is 4.80. The molecule has 0 atom stereocenters. The first-order chi connectivity index (χ1) is 13.7. The first-order valence-corrected chi connectivity index (χ1v) is 9.47. The number of carbonyl (C=O) groups is 1. The lowest BCUT2D eigenvalue weighted by Gasteiger charge is -2.17. The fourth-order valence-corrected chi connectivity index (χ4v) is 3.49. The van der Waals surface area contributed by atoms with Gasteiger partial charge >= 0.3 is 0 Å². The topological polar surface area (TPSA) is 54.5 Å². The molecule has 5 nitrogen and oxygen atoms in total. The molecule has 0 unspecified atom stereocenters. The number of benzene rings is 2. The fourth-order valence-electron chi connectivity index (χ4n) is 3.49. The second-order valence-electron chi connectivity index (χ2n) is 6.79. The van der Waals surface area contributed by atoms with E-state index in [1.165, 1.54) is 11.1 Å². The maximum atomic E-state index is 12.9. The third-order valence-corrected chi connectivity index (χ3v) is 5.01. The molecule has 2 aromatic carbocycles. The minimum Gasteiger partial charge on any atom is -0.497 e. The molecule has 0 fully saturated rings. The van der Waals surface area contributed by atoms with E-state index in [-0.39, 0.29) is 5.91 Å². The van der Waals surface area contributed by atoms with Gasteiger partial charge in [-0.05, 0) is 54.3 Å². The zero-order chi connectivity index (χ0) is 19.3. The van der Waals surface area contributed by atoms with Crippen LogP contribution >= 0.6 is 0 Å². The first-order valence-electron chi connectivity index (χ1n) is 9.47. The molecule has 0 bridgehead atoms. The van der Waals surface area contributed by atoms with Crippen molar-refractivity contribution in [2.24, 2.45) is 0 Å². The van der Waals surface area contributed by atoms with Crippen LogP contribution in [0.2, 0.25) is 0 Å². The molecule has 4 rings (SSSR count). The van der Waals surface area contributed by atoms with Gasteiger partial charge in [-0.1, -0.05) is 30.3 Å². The number of carbonyl (C=O) groups excluding carboxylic acids is 1. The summed E-state index contributed by atoms with van der Waals surface area (Å²) < 4.78 is 5.18. The number of amides is 1. The van der Waals surface area contributed by atoms with Crippen molar-refractivity contribution in [3.63, 3.8) is 0 Å². The quantitative estimate of drug-likeness (QED) is 0.711. The average molecular weight is 373 g/mol. The number of methoxy groups -OCH3 is 1. The molecule has 2 heterocycles. The number of aromatic nitrogens is 1. The molecule has 1 N–H and O–H groups in total. The van der Waals surface area contributed by atoms with E-state index in [0.29, 0.717) is 12.2 Å². The van der Waals surface area contributed by atoms with Crippen LogP contribution in [-0.4, -0.2) is 31.1 Å². The van der Waals surface area contributed by atoms with Crippen molar-refractivity contribution in [3.05, 3.63) is 83.7 Å². The molecule has 0 radical (unpaired) electrons. The van der Waals surface area contributed by atoms with Crippen LogP contribution in [-0.2, 0) is 12.8 Å². The Morgan fingerprint density at radius 1 is 1.14 bits per heavy atom. The highest BCUT2D eigenvalue weighted by Gasteiger charge is 2.25. The average Bonchev–Trinajstić information content (AvgIpc) is 3.18. The summed E-state index contributed by atoms with van der Waals surface area (Å²) in [5, 5.41) is 3.38. The van der Waals surface area contributed by atoms with Crippen molar-refractivity contribution < 1.29 is 9.53 Å². The summed E-state index contributed by atoms with van der Waals surface area (Å²) >= 11 is 0. The van der Waals surface area contributed by atoms with Crippen LogP contribution in [0.25, 0.3) is 0 Å². The van der Waals surface area contributed by atoms with Crippen molar-refractivity contribution >= 4 is 17.3 Å². The molecule has 0 saturated carbocycles. The first kappa shape index (κ1) is 18.0. The Labute approximate surface area is 165 Å². The molecule has 1 aliphatic heterocycles. The number of pyridine rings is 1. The molecule has 142 valence electrons. The Balaban J connectivity index is 1.39. The monoisotopic (exact) mass is 373 g/mol. The third kappa shape index (κ3) is 3.83. The van der Waals surface area contributed by atoms with Crippen LogP contribution in [0.1, 0.15) is 21.6 Å². The number of hydrogen-bond donors (Lipinski definition) is 1. The van der Waals surface area contributed by atoms with E-state index in [1.807, 2.05) is 47.4 Å². The summed E-state index contributed by atoms with van der Waals surface area (Å²) in [4.78, 5) is 19.1. The van der Waals surface area contributed by atoms with Gasteiger partial charge in [0.25, 0.3) is 5.91 Å². The highest BCUT2D eigenvalue weighted by molar-refractivity contribution is 6.06. The maximum Gasteiger partial charge on any atom is 0.276 e. The van der Waals surface area contributed by atoms with Gasteiger partial charge in [-0.15, -0.1) is 0 Å². The molecule has 28 heavy (non-hydrogen) atoms. The maximum absolute atomic E-state index is 12.9. The van der Waals surface area contributed by atoms with Crippen molar-refractivity contribution in [2.45, 2.75) is 12.8 Å². The zero-order valence-electron chi connectivity index (χ0n) is 15.9. The van der Waals surface area contributed by atoms with Crippen LogP contribution in [0.4, 0.5) is 11.4 Å². The molecular weight excluding hydrogens is 350 g/mol. The fraction of sp³-hybridized carbons (Fsp3) is 0.217. The van der Waals surface area contributed by atoms with E-state index in [1.54, 1.807) is 13.3 Å². The van der Waals surface area contributed by atoms with E-state index in [2.05, 4.69) is 28.5 Å². The standard InChI is InChI=1S/C23H23N3O2/c1-28-20-8-6-17(7-9-20)10-13-24-19-11-14-25-21(16-19)23(27)26-15-12-18-4-2-3-5-22(18)26/h2-9,11,14,16H,10,12-13,15H2,1H3,(H,24,25). The molecule has 0 spiro atoms. The lowest BCUT2D eigenvalue weighted by atomic mass is 10.1. The summed E-state index contributed by atoms with van der Waals surface area (Å²) in [6, 6.07) is 19.8. The van der Waals surface area contributed by atoms with Gasteiger partial charge in [0.15, 0.2) is 0 Å². The van der Waals surface area contributed by atoms with Crippen LogP contribution in [0, 0.1) is 0 Å². The van der Waals surface area contributed by atoms with Crippen LogP contribution in [0.15, 0.2) is 66.9 Å². The van der Waals surface area contributed by atoms with Crippen molar-refractivity contribution in [1.82, 2.24) is 4.98 Å². The zero-order valence-corrected chi connectivity index (χ0v) is 15.9. The number of nitrogens with zero attached hydrogens (tertiary/aromatic N) is 2. The Kier molecular flexibility index (Phi) is 5.24. The van der Waals surface area contributed by atoms with Gasteiger partial charge in [-0.3, -0.25) is 9.78 Å². The summed E-state index contributed by atoms with van der Waals surface area (Å²) in [6.45, 7) is 1.48. The Morgan fingerprint density at radius 3 is 2.79 bits per heavy atom. The molecule has 1 aromatic heterocycles. The van der Waals surface area contributed by atoms with Crippen LogP contribution in [0.3, 0.4) is 0 Å². The molecule has 5 heteroatoms. The third-order valence-electron chi connectivity index (χ3n) is 5.01. The van der Waals surface area contributed by atoms with Gasteiger partial charge in [0.05, 0.1) is 7.11 Å². The Hall–Kier alpha value is -3.34. The number of para-hydroxylation sites is 1. The van der Waals surface area contributed by atoms with Gasteiger partial charge < -0.3 is 15.0 Å². The van der Waals surface area contributed by atoms with Gasteiger partial charge in [0.2, 0.25) is 0 Å². The van der Waals surface area contributed by atoms with Gasteiger partial charge in [-0.2, -0.15) is 0 Å². The van der Waals surface area contributed by atoms with Crippen LogP contribution in [0.5, 0.6) is 5.75 Å². The van der Waals surface area contributed by atoms with Crippen molar-refractivity contribution in [3.8, 4) is 5.75 Å². The van der Waals surface area contributed by atoms with E-state index >= 15 is 0 Å². The number of rotatable bonds is 6. The lowest BCUT2D eigenvalue weighted by Crippen LogP contribution is -2.29. The second-order valence-corrected chi connectivity index (χ2v) is 6.79. The van der Waals surface area contributed by atoms with Crippen molar-refractivity contribution in [2.75, 3.05) is 30.4 Å².